The Kier molecular flexibility index (Phi) is 35.4. The number of rotatable bonds is 28. The molecular weight excluding hydrogens is 1860 g/mol. The molecule has 11 aromatic carbocycles. The average molecular weight is 1970 g/mol. The van der Waals surface area contributed by atoms with Gasteiger partial charge in [-0.3, -0.25) is 43.2 Å². The predicted octanol–water partition coefficient (Wildman–Crippen LogP) is 18.3. The fourth-order valence-corrected chi connectivity index (χ4v) is 16.3. The summed E-state index contributed by atoms with van der Waals surface area (Å²) in [6.07, 6.45) is 7.87. The van der Waals surface area contributed by atoms with Gasteiger partial charge >= 0.3 is 5.97 Å². The van der Waals surface area contributed by atoms with Gasteiger partial charge in [-0.1, -0.05) is 109 Å². The summed E-state index contributed by atoms with van der Waals surface area (Å²) in [5.74, 6) is 1.76. The van der Waals surface area contributed by atoms with Gasteiger partial charge in [0.1, 0.15) is 23.9 Å². The SMILES string of the molecule is CC(=O)Nc1ccc(-c2ccnc(Nc3cccc(C(=O)N4CCN(c5ccccc5F)CC4)c3)n2)cc1.CC(=O)Nc1ccc(-c2ccnc(Nc3cccc(C(=O)NCCOc4ccccc4)c3)n2)cc1.COC(=O)C1CCN(C(=O)c2cccc(Nc3nccc(-c4ccc(NC(C)=O)cc4)n3)c2)CC1.COc1cccc(N2CCN(C(=O)c3cccc(Nc4nccc(-c5ccc(NC(C)=O)cc5)n4)c3)CC2)c1. The number of para-hydroxylation sites is 2. The second-order valence-corrected chi connectivity index (χ2v) is 34.1. The highest BCUT2D eigenvalue weighted by atomic mass is 19.1. The molecule has 0 spiro atoms. The van der Waals surface area contributed by atoms with Crippen LogP contribution in [0.15, 0.2) is 322 Å². The highest BCUT2D eigenvalue weighted by molar-refractivity contribution is 5.99. The summed E-state index contributed by atoms with van der Waals surface area (Å²) in [4.78, 5) is 154. The van der Waals surface area contributed by atoms with Crippen molar-refractivity contribution in [2.75, 3.05) is 145 Å². The van der Waals surface area contributed by atoms with Gasteiger partial charge in [0.2, 0.25) is 47.4 Å². The van der Waals surface area contributed by atoms with E-state index in [0.29, 0.717) is 159 Å². The number of hydrogen-bond acceptors (Lipinski definition) is 26. The molecule has 34 nitrogen and oxygen atoms in total. The van der Waals surface area contributed by atoms with Crippen LogP contribution in [0.3, 0.4) is 0 Å². The number of esters is 1. The van der Waals surface area contributed by atoms with Crippen molar-refractivity contribution >= 4 is 134 Å². The Hall–Kier alpha value is -18.7. The molecule has 0 bridgehead atoms. The number of carbonyl (C=O) groups excluding carboxylic acids is 9. The molecule has 0 atom stereocenters. The van der Waals surface area contributed by atoms with Crippen LogP contribution in [0.5, 0.6) is 11.5 Å². The summed E-state index contributed by atoms with van der Waals surface area (Å²) in [5, 5.41) is 26.6. The van der Waals surface area contributed by atoms with Crippen LogP contribution >= 0.6 is 0 Å². The summed E-state index contributed by atoms with van der Waals surface area (Å²) in [5.41, 5.74) is 16.0. The lowest BCUT2D eigenvalue weighted by molar-refractivity contribution is -0.146. The number of methoxy groups -OCH3 is 2. The van der Waals surface area contributed by atoms with Crippen molar-refractivity contribution in [1.82, 2.24) is 59.9 Å². The maximum atomic E-state index is 14.1. The first-order valence-electron chi connectivity index (χ1n) is 47.6. The van der Waals surface area contributed by atoms with E-state index in [1.54, 1.807) is 121 Å². The normalized spacial score (nSPS) is 12.6. The van der Waals surface area contributed by atoms with Crippen molar-refractivity contribution in [2.45, 2.75) is 40.5 Å². The zero-order valence-electron chi connectivity index (χ0n) is 81.7. The smallest absolute Gasteiger partial charge is 0.308 e. The minimum absolute atomic E-state index is 0.00197. The number of aromatic nitrogens is 8. The summed E-state index contributed by atoms with van der Waals surface area (Å²) in [6, 6.07) is 89.9. The van der Waals surface area contributed by atoms with Crippen molar-refractivity contribution in [3.63, 3.8) is 0 Å². The van der Waals surface area contributed by atoms with Gasteiger partial charge in [0.15, 0.2) is 0 Å². The van der Waals surface area contributed by atoms with Crippen LogP contribution in [0.2, 0.25) is 0 Å². The first-order valence-corrected chi connectivity index (χ1v) is 47.6. The van der Waals surface area contributed by atoms with Gasteiger partial charge < -0.3 is 86.6 Å². The number of halogens is 1. The van der Waals surface area contributed by atoms with Gasteiger partial charge in [0, 0.05) is 220 Å². The van der Waals surface area contributed by atoms with Crippen molar-refractivity contribution < 1.29 is 61.8 Å². The number of likely N-dealkylation sites (tertiary alicyclic amines) is 1. The summed E-state index contributed by atoms with van der Waals surface area (Å²) in [6.45, 7) is 12.6. The van der Waals surface area contributed by atoms with Gasteiger partial charge in [-0.15, -0.1) is 0 Å². The molecule has 3 fully saturated rings. The number of ether oxygens (including phenoxy) is 3. The van der Waals surface area contributed by atoms with Crippen molar-refractivity contribution in [1.29, 1.82) is 0 Å². The number of nitrogens with zero attached hydrogens (tertiary/aromatic N) is 13. The van der Waals surface area contributed by atoms with Gasteiger partial charge in [-0.25, -0.2) is 44.3 Å². The van der Waals surface area contributed by atoms with Crippen LogP contribution < -0.4 is 67.1 Å². The number of amides is 8. The zero-order valence-corrected chi connectivity index (χ0v) is 81.7. The predicted molar refractivity (Wildman–Crippen MR) is 567 cm³/mol. The number of hydrogen-bond donors (Lipinski definition) is 9. The highest BCUT2D eigenvalue weighted by Crippen LogP contribution is 2.32. The third-order valence-corrected chi connectivity index (χ3v) is 23.6. The Morgan fingerprint density at radius 1 is 0.333 bits per heavy atom. The van der Waals surface area contributed by atoms with E-state index in [9.17, 15) is 47.5 Å². The van der Waals surface area contributed by atoms with Crippen LogP contribution in [-0.2, 0) is 28.7 Å². The minimum Gasteiger partial charge on any atom is -0.497 e. The molecular formula is C112H109FN22O12. The number of carbonyl (C=O) groups is 9. The van der Waals surface area contributed by atoms with E-state index < -0.39 is 0 Å². The summed E-state index contributed by atoms with van der Waals surface area (Å²) >= 11 is 0. The monoisotopic (exact) mass is 1970 g/mol. The number of piperidine rings is 1. The van der Waals surface area contributed by atoms with Gasteiger partial charge in [0.25, 0.3) is 23.6 Å². The molecule has 3 saturated heterocycles. The molecule has 0 aliphatic carbocycles. The van der Waals surface area contributed by atoms with E-state index >= 15 is 0 Å². The number of nitrogens with one attached hydrogen (secondary N) is 9. The van der Waals surface area contributed by atoms with E-state index in [2.05, 4.69) is 98.7 Å². The standard InChI is InChI=1S/C30H30N6O3.C29H27FN6O2.C27H25N5O3.C26H27N5O4/c1-21(37)32-24-11-9-22(10-12-24)28-13-14-31-30(34-28)33-25-6-3-5-23(19-25)29(38)36-17-15-35(16-18-36)26-7-4-8-27(20-26)39-2;1-20(37)32-23-11-9-21(10-12-23)26-13-14-31-29(34-26)33-24-6-4-5-22(19-24)28(38)36-17-15-35(16-18-36)27-8-3-2-7-25(27)30;1-19(33)30-22-12-10-20(11-13-22)25-14-15-29-27(32-25)31-23-7-5-6-21(18-23)26(34)28-16-17-35-24-8-3-2-4-9-24;1-17(32)28-21-8-6-18(7-9-21)23-10-13-27-26(30-23)29-22-5-3-4-20(16-22)24(33)31-14-11-19(12-15-31)25(34)35-2/h3-14,19-20H,15-18H2,1-2H3,(H,32,37)(H,31,33,34);2-14,19H,15-18H2,1H3,(H,32,37)(H,31,33,34);2-15,18H,16-17H2,1H3,(H,28,34)(H,30,33)(H,29,31,32);3-10,13,16,19H,11-12,14-15H2,1-2H3,(H,28,32)(H,27,29,30). The lowest BCUT2D eigenvalue weighted by Crippen LogP contribution is -2.49. The Morgan fingerprint density at radius 3 is 1.03 bits per heavy atom. The van der Waals surface area contributed by atoms with Crippen molar-refractivity contribution in [3.8, 4) is 56.5 Å². The maximum absolute atomic E-state index is 14.1. The van der Waals surface area contributed by atoms with E-state index in [0.717, 1.165) is 92.4 Å². The summed E-state index contributed by atoms with van der Waals surface area (Å²) in [7, 11) is 3.05. The molecule has 746 valence electrons. The lowest BCUT2D eigenvalue weighted by Gasteiger charge is -2.36. The second kappa shape index (κ2) is 50.6. The molecule has 4 aromatic heterocycles. The largest absolute Gasteiger partial charge is 0.497 e. The van der Waals surface area contributed by atoms with E-state index in [4.69, 9.17) is 14.2 Å². The quantitative estimate of drug-likeness (QED) is 0.0162. The van der Waals surface area contributed by atoms with Gasteiger partial charge in [0.05, 0.1) is 55.1 Å². The molecule has 0 radical (unpaired) electrons. The van der Waals surface area contributed by atoms with Crippen LogP contribution in [0.1, 0.15) is 82.0 Å². The molecule has 147 heavy (non-hydrogen) atoms. The number of piperazine rings is 2. The molecule has 3 aliphatic heterocycles. The van der Waals surface area contributed by atoms with E-state index in [1.165, 1.54) is 40.9 Å². The van der Waals surface area contributed by atoms with Crippen LogP contribution in [0.4, 0.5) is 85.1 Å². The second-order valence-electron chi connectivity index (χ2n) is 34.1. The van der Waals surface area contributed by atoms with E-state index in [1.807, 2.05) is 216 Å². The first kappa shape index (κ1) is 103. The zero-order chi connectivity index (χ0) is 103. The molecule has 3 aliphatic rings. The van der Waals surface area contributed by atoms with E-state index in [-0.39, 0.29) is 65.0 Å². The number of anilines is 14. The van der Waals surface area contributed by atoms with Crippen LogP contribution in [-0.4, -0.2) is 201 Å². The Bertz CT molecular complexity index is 7120. The molecule has 35 heteroatoms. The highest BCUT2D eigenvalue weighted by Gasteiger charge is 2.30. The number of benzene rings is 11. The van der Waals surface area contributed by atoms with Crippen molar-refractivity contribution in [2.24, 2.45) is 5.92 Å². The fourth-order valence-electron chi connectivity index (χ4n) is 16.3. The van der Waals surface area contributed by atoms with Gasteiger partial charge in [-0.05, 0) is 195 Å². The molecule has 15 aromatic rings. The summed E-state index contributed by atoms with van der Waals surface area (Å²) < 4.78 is 29.9. The Balaban J connectivity index is 0.000000147. The van der Waals surface area contributed by atoms with Crippen LogP contribution in [0.25, 0.3) is 45.0 Å². The molecule has 18 rings (SSSR count). The molecule has 0 saturated carbocycles. The lowest BCUT2D eigenvalue weighted by atomic mass is 9.96. The Morgan fingerprint density at radius 2 is 0.667 bits per heavy atom. The van der Waals surface area contributed by atoms with Crippen molar-refractivity contribution in [3.05, 3.63) is 350 Å². The molecule has 7 heterocycles. The maximum Gasteiger partial charge on any atom is 0.308 e. The molecule has 0 unspecified atom stereocenters. The Labute approximate surface area is 849 Å². The third kappa shape index (κ3) is 29.7. The molecule has 9 N–H and O–H groups in total. The van der Waals surface area contributed by atoms with Gasteiger partial charge in [-0.2, -0.15) is 0 Å². The van der Waals surface area contributed by atoms with Crippen LogP contribution in [0, 0.1) is 11.7 Å². The third-order valence-electron chi connectivity index (χ3n) is 23.6. The average Bonchev–Trinajstić information content (AvgIpc) is 0.823. The minimum atomic E-state index is -0.251. The topological polar surface area (TPSA) is 409 Å². The first-order chi connectivity index (χ1) is 71.4. The fraction of sp³-hybridized carbons (Fsp3) is 0.188. The molecule has 8 amide bonds.